The van der Waals surface area contributed by atoms with Crippen LogP contribution >= 0.6 is 22.9 Å². The van der Waals surface area contributed by atoms with Crippen molar-refractivity contribution >= 4 is 34.6 Å². The Morgan fingerprint density at radius 3 is 2.94 bits per heavy atom. The van der Waals surface area contributed by atoms with Crippen LogP contribution in [-0.4, -0.2) is 16.1 Å². The van der Waals surface area contributed by atoms with Gasteiger partial charge < -0.3 is 10.4 Å². The standard InChI is InChI=1S/C12H11ClN2O2S/c1-7-5-15-11(18-7)6-14-10-4-8(13)2-3-9(10)12(16)17/h2-5,14H,6H2,1H3,(H,16,17). The second-order valence-electron chi connectivity index (χ2n) is 3.71. The zero-order chi connectivity index (χ0) is 13.1. The van der Waals surface area contributed by atoms with Crippen LogP contribution in [0.4, 0.5) is 5.69 Å². The van der Waals surface area contributed by atoms with Crippen LogP contribution in [0.2, 0.25) is 5.02 Å². The van der Waals surface area contributed by atoms with Gasteiger partial charge in [-0.15, -0.1) is 11.3 Å². The number of aryl methyl sites for hydroxylation is 1. The lowest BCUT2D eigenvalue weighted by Crippen LogP contribution is -2.06. The number of nitrogens with one attached hydrogen (secondary N) is 1. The number of rotatable bonds is 4. The molecule has 2 aromatic rings. The number of hydrogen-bond donors (Lipinski definition) is 2. The molecule has 0 saturated carbocycles. The lowest BCUT2D eigenvalue weighted by Gasteiger charge is -2.08. The third kappa shape index (κ3) is 3.00. The fourth-order valence-electron chi connectivity index (χ4n) is 1.50. The van der Waals surface area contributed by atoms with E-state index in [9.17, 15) is 4.79 Å². The van der Waals surface area contributed by atoms with Crippen molar-refractivity contribution in [1.29, 1.82) is 0 Å². The van der Waals surface area contributed by atoms with Crippen molar-refractivity contribution in [1.82, 2.24) is 4.98 Å². The molecule has 1 heterocycles. The van der Waals surface area contributed by atoms with Crippen LogP contribution in [0.15, 0.2) is 24.4 Å². The molecule has 0 aliphatic heterocycles. The maximum Gasteiger partial charge on any atom is 0.337 e. The first-order valence-corrected chi connectivity index (χ1v) is 6.44. The first-order valence-electron chi connectivity index (χ1n) is 5.24. The van der Waals surface area contributed by atoms with E-state index in [1.807, 2.05) is 6.92 Å². The largest absolute Gasteiger partial charge is 0.478 e. The quantitative estimate of drug-likeness (QED) is 0.902. The van der Waals surface area contributed by atoms with E-state index in [-0.39, 0.29) is 5.56 Å². The van der Waals surface area contributed by atoms with Gasteiger partial charge in [0.05, 0.1) is 17.8 Å². The molecule has 0 atom stereocenters. The van der Waals surface area contributed by atoms with Gasteiger partial charge in [0.2, 0.25) is 0 Å². The molecule has 94 valence electrons. The molecule has 0 fully saturated rings. The molecule has 0 aliphatic rings. The van der Waals surface area contributed by atoms with Gasteiger partial charge in [0, 0.05) is 16.1 Å². The van der Waals surface area contributed by atoms with Crippen molar-refractivity contribution in [2.75, 3.05) is 5.32 Å². The van der Waals surface area contributed by atoms with E-state index in [1.54, 1.807) is 29.7 Å². The average molecular weight is 283 g/mol. The summed E-state index contributed by atoms with van der Waals surface area (Å²) in [6, 6.07) is 4.65. The van der Waals surface area contributed by atoms with Crippen LogP contribution in [-0.2, 0) is 6.54 Å². The zero-order valence-electron chi connectivity index (χ0n) is 9.61. The molecule has 0 spiro atoms. The summed E-state index contributed by atoms with van der Waals surface area (Å²) in [7, 11) is 0. The highest BCUT2D eigenvalue weighted by atomic mass is 35.5. The van der Waals surface area contributed by atoms with Crippen LogP contribution in [0.1, 0.15) is 20.2 Å². The lowest BCUT2D eigenvalue weighted by atomic mass is 10.2. The number of carbonyl (C=O) groups is 1. The Morgan fingerprint density at radius 1 is 1.56 bits per heavy atom. The number of carboxylic acid groups (broad SMARTS) is 1. The molecule has 2 N–H and O–H groups in total. The number of aromatic nitrogens is 1. The second-order valence-corrected chi connectivity index (χ2v) is 5.47. The van der Waals surface area contributed by atoms with Gasteiger partial charge in [0.15, 0.2) is 0 Å². The fourth-order valence-corrected chi connectivity index (χ4v) is 2.40. The molecule has 0 amide bonds. The molecule has 1 aromatic heterocycles. The minimum atomic E-state index is -0.982. The molecule has 18 heavy (non-hydrogen) atoms. The first kappa shape index (κ1) is 12.9. The zero-order valence-corrected chi connectivity index (χ0v) is 11.2. The minimum Gasteiger partial charge on any atom is -0.478 e. The highest BCUT2D eigenvalue weighted by Gasteiger charge is 2.10. The van der Waals surface area contributed by atoms with E-state index in [0.29, 0.717) is 17.3 Å². The third-order valence-electron chi connectivity index (χ3n) is 2.31. The van der Waals surface area contributed by atoms with Gasteiger partial charge in [-0.25, -0.2) is 9.78 Å². The van der Waals surface area contributed by atoms with Crippen LogP contribution in [0.25, 0.3) is 0 Å². The van der Waals surface area contributed by atoms with Crippen LogP contribution < -0.4 is 5.32 Å². The van der Waals surface area contributed by atoms with E-state index in [1.165, 1.54) is 6.07 Å². The molecule has 0 aliphatic carbocycles. The normalized spacial score (nSPS) is 10.3. The van der Waals surface area contributed by atoms with Gasteiger partial charge >= 0.3 is 5.97 Å². The molecule has 0 unspecified atom stereocenters. The number of halogens is 1. The Balaban J connectivity index is 2.17. The van der Waals surface area contributed by atoms with Crippen molar-refractivity contribution < 1.29 is 9.90 Å². The van der Waals surface area contributed by atoms with Gasteiger partial charge in [-0.05, 0) is 25.1 Å². The third-order valence-corrected chi connectivity index (χ3v) is 3.46. The number of nitrogens with zero attached hydrogens (tertiary/aromatic N) is 1. The molecule has 6 heteroatoms. The van der Waals surface area contributed by atoms with Gasteiger partial charge in [0.1, 0.15) is 5.01 Å². The molecule has 2 rings (SSSR count). The predicted molar refractivity (Wildman–Crippen MR) is 72.6 cm³/mol. The topological polar surface area (TPSA) is 62.2 Å². The van der Waals surface area contributed by atoms with E-state index >= 15 is 0 Å². The SMILES string of the molecule is Cc1cnc(CNc2cc(Cl)ccc2C(=O)O)s1. The number of anilines is 1. The van der Waals surface area contributed by atoms with Crippen LogP contribution in [0.5, 0.6) is 0 Å². The van der Waals surface area contributed by atoms with Crippen molar-refractivity contribution in [2.24, 2.45) is 0 Å². The summed E-state index contributed by atoms with van der Waals surface area (Å²) in [5.74, 6) is -0.982. The fraction of sp³-hybridized carbons (Fsp3) is 0.167. The number of thiazole rings is 1. The minimum absolute atomic E-state index is 0.202. The van der Waals surface area contributed by atoms with Gasteiger partial charge in [-0.1, -0.05) is 11.6 Å². The number of carboxylic acids is 1. The summed E-state index contributed by atoms with van der Waals surface area (Å²) in [5, 5.41) is 13.5. The Bertz CT molecular complexity index is 583. The maximum atomic E-state index is 11.1. The lowest BCUT2D eigenvalue weighted by molar-refractivity contribution is 0.0698. The predicted octanol–water partition coefficient (Wildman–Crippen LogP) is 3.42. The van der Waals surface area contributed by atoms with Gasteiger partial charge in [-0.3, -0.25) is 0 Å². The Hall–Kier alpha value is -1.59. The summed E-state index contributed by atoms with van der Waals surface area (Å²) in [6.07, 6.45) is 1.79. The summed E-state index contributed by atoms with van der Waals surface area (Å²) in [4.78, 5) is 16.4. The van der Waals surface area contributed by atoms with Gasteiger partial charge in [-0.2, -0.15) is 0 Å². The monoisotopic (exact) mass is 282 g/mol. The molecule has 1 aromatic carbocycles. The van der Waals surface area contributed by atoms with Crippen molar-refractivity contribution in [3.63, 3.8) is 0 Å². The van der Waals surface area contributed by atoms with Crippen molar-refractivity contribution in [2.45, 2.75) is 13.5 Å². The summed E-state index contributed by atoms with van der Waals surface area (Å²) < 4.78 is 0. The number of benzene rings is 1. The average Bonchev–Trinajstić information content (AvgIpc) is 2.72. The molecular weight excluding hydrogens is 272 g/mol. The van der Waals surface area contributed by atoms with E-state index in [4.69, 9.17) is 16.7 Å². The van der Waals surface area contributed by atoms with Gasteiger partial charge in [0.25, 0.3) is 0 Å². The Labute approximate surface area is 113 Å². The molecule has 0 radical (unpaired) electrons. The summed E-state index contributed by atoms with van der Waals surface area (Å²) in [5.41, 5.74) is 0.704. The molecule has 0 saturated heterocycles. The summed E-state index contributed by atoms with van der Waals surface area (Å²) >= 11 is 7.43. The smallest absolute Gasteiger partial charge is 0.337 e. The molecular formula is C12H11ClN2O2S. The molecule has 4 nitrogen and oxygen atoms in total. The number of hydrogen-bond acceptors (Lipinski definition) is 4. The summed E-state index contributed by atoms with van der Waals surface area (Å²) in [6.45, 7) is 2.46. The first-order chi connectivity index (χ1) is 8.56. The van der Waals surface area contributed by atoms with Crippen LogP contribution in [0.3, 0.4) is 0 Å². The Kier molecular flexibility index (Phi) is 3.84. The second kappa shape index (κ2) is 5.37. The Morgan fingerprint density at radius 2 is 2.33 bits per heavy atom. The highest BCUT2D eigenvalue weighted by Crippen LogP contribution is 2.22. The molecule has 0 bridgehead atoms. The van der Waals surface area contributed by atoms with Crippen LogP contribution in [0, 0.1) is 6.92 Å². The maximum absolute atomic E-state index is 11.1. The van der Waals surface area contributed by atoms with Crippen molar-refractivity contribution in [3.8, 4) is 0 Å². The van der Waals surface area contributed by atoms with Crippen molar-refractivity contribution in [3.05, 3.63) is 44.9 Å². The van der Waals surface area contributed by atoms with E-state index in [2.05, 4.69) is 10.3 Å². The van der Waals surface area contributed by atoms with E-state index < -0.39 is 5.97 Å². The van der Waals surface area contributed by atoms with E-state index in [0.717, 1.165) is 9.88 Å². The highest BCUT2D eigenvalue weighted by molar-refractivity contribution is 7.11. The number of aromatic carboxylic acids is 1.